The van der Waals surface area contributed by atoms with Crippen LogP contribution in [0.3, 0.4) is 0 Å². The van der Waals surface area contributed by atoms with E-state index in [1.165, 1.54) is 24.2 Å². The topological polar surface area (TPSA) is 56.5 Å². The first kappa shape index (κ1) is 14.8. The Balaban J connectivity index is 1.68. The van der Waals surface area contributed by atoms with E-state index in [1.807, 2.05) is 36.4 Å². The number of nitrogens with zero attached hydrogens (tertiary/aromatic N) is 5. The fourth-order valence-corrected chi connectivity index (χ4v) is 3.26. The van der Waals surface area contributed by atoms with Crippen LogP contribution in [0.4, 0.5) is 4.39 Å². The third-order valence-electron chi connectivity index (χ3n) is 3.53. The van der Waals surface area contributed by atoms with E-state index in [1.54, 1.807) is 16.8 Å². The summed E-state index contributed by atoms with van der Waals surface area (Å²) in [6, 6.07) is 16.4. The highest BCUT2D eigenvalue weighted by molar-refractivity contribution is 7.98. The van der Waals surface area contributed by atoms with E-state index < -0.39 is 0 Å². The van der Waals surface area contributed by atoms with Crippen molar-refractivity contribution >= 4 is 22.9 Å². The molecule has 0 atom stereocenters. The van der Waals surface area contributed by atoms with E-state index in [4.69, 9.17) is 0 Å². The lowest BCUT2D eigenvalue weighted by Crippen LogP contribution is -1.97. The summed E-state index contributed by atoms with van der Waals surface area (Å²) < 4.78 is 15.4. The van der Waals surface area contributed by atoms with Crippen molar-refractivity contribution in [1.29, 1.82) is 0 Å². The fraction of sp³-hybridized carbons (Fsp3) is 0.0588. The van der Waals surface area contributed by atoms with E-state index in [-0.39, 0.29) is 5.82 Å². The maximum Gasteiger partial charge on any atom is 0.187 e. The molecule has 0 N–H and O–H groups in total. The first-order valence-electron chi connectivity index (χ1n) is 7.31. The van der Waals surface area contributed by atoms with Crippen LogP contribution in [0.5, 0.6) is 0 Å². The molecule has 0 saturated heterocycles. The summed E-state index contributed by atoms with van der Waals surface area (Å²) in [5.74, 6) is 0.250. The largest absolute Gasteiger partial charge is 0.227 e. The predicted octanol–water partition coefficient (Wildman–Crippen LogP) is 3.64. The number of hydrogen-bond acceptors (Lipinski definition) is 5. The minimum atomic E-state index is -0.219. The highest BCUT2D eigenvalue weighted by Gasteiger charge is 2.13. The highest BCUT2D eigenvalue weighted by atomic mass is 32.2. The van der Waals surface area contributed by atoms with Gasteiger partial charge in [0.15, 0.2) is 11.2 Å². The molecule has 0 spiro atoms. The predicted molar refractivity (Wildman–Crippen MR) is 90.4 cm³/mol. The van der Waals surface area contributed by atoms with Gasteiger partial charge in [-0.25, -0.2) is 14.4 Å². The third kappa shape index (κ3) is 2.74. The molecule has 0 fully saturated rings. The van der Waals surface area contributed by atoms with Gasteiger partial charge >= 0.3 is 0 Å². The summed E-state index contributed by atoms with van der Waals surface area (Å²) in [4.78, 5) is 8.56. The van der Waals surface area contributed by atoms with Crippen molar-refractivity contribution < 1.29 is 4.39 Å². The molecule has 118 valence electrons. The Labute approximate surface area is 141 Å². The monoisotopic (exact) mass is 337 g/mol. The van der Waals surface area contributed by atoms with Crippen LogP contribution in [0.25, 0.3) is 16.9 Å². The van der Waals surface area contributed by atoms with E-state index in [9.17, 15) is 4.39 Å². The first-order chi connectivity index (χ1) is 11.8. The van der Waals surface area contributed by atoms with Crippen LogP contribution in [0.15, 0.2) is 66.0 Å². The van der Waals surface area contributed by atoms with Crippen molar-refractivity contribution in [2.75, 3.05) is 0 Å². The summed E-state index contributed by atoms with van der Waals surface area (Å²) in [7, 11) is 0. The van der Waals surface area contributed by atoms with Gasteiger partial charge in [0.1, 0.15) is 17.2 Å². The minimum absolute atomic E-state index is 0.219. The van der Waals surface area contributed by atoms with Crippen LogP contribution < -0.4 is 0 Å². The molecule has 5 nitrogen and oxygen atoms in total. The van der Waals surface area contributed by atoms with Gasteiger partial charge in [0.05, 0.1) is 5.69 Å². The number of aromatic nitrogens is 5. The van der Waals surface area contributed by atoms with Crippen molar-refractivity contribution in [3.05, 3.63) is 72.3 Å². The van der Waals surface area contributed by atoms with Crippen molar-refractivity contribution in [2.24, 2.45) is 0 Å². The molecular weight excluding hydrogens is 325 g/mol. The van der Waals surface area contributed by atoms with Gasteiger partial charge < -0.3 is 0 Å². The lowest BCUT2D eigenvalue weighted by atomic mass is 10.2. The lowest BCUT2D eigenvalue weighted by molar-refractivity contribution is 0.617. The Kier molecular flexibility index (Phi) is 3.92. The fourth-order valence-electron chi connectivity index (χ4n) is 2.34. The normalized spacial score (nSPS) is 11.0. The van der Waals surface area contributed by atoms with E-state index >= 15 is 0 Å². The van der Waals surface area contributed by atoms with Gasteiger partial charge in [-0.3, -0.25) is 0 Å². The number of benzene rings is 2. The molecule has 0 aliphatic carbocycles. The van der Waals surface area contributed by atoms with E-state index in [0.717, 1.165) is 5.69 Å². The summed E-state index contributed by atoms with van der Waals surface area (Å²) in [6.07, 6.45) is 1.48. The number of thioether (sulfide) groups is 1. The second-order valence-electron chi connectivity index (χ2n) is 5.07. The second kappa shape index (κ2) is 6.37. The summed E-state index contributed by atoms with van der Waals surface area (Å²) in [5.41, 5.74) is 2.75. The minimum Gasteiger partial charge on any atom is -0.227 e. The van der Waals surface area contributed by atoms with Gasteiger partial charge in [-0.05, 0) is 23.8 Å². The Morgan fingerprint density at radius 3 is 2.58 bits per heavy atom. The Hall–Kier alpha value is -2.80. The molecule has 0 saturated carbocycles. The zero-order valence-corrected chi connectivity index (χ0v) is 13.3. The molecule has 2 aromatic carbocycles. The molecule has 0 aliphatic heterocycles. The van der Waals surface area contributed by atoms with Crippen molar-refractivity contribution in [2.45, 2.75) is 10.8 Å². The van der Waals surface area contributed by atoms with Gasteiger partial charge in [0.25, 0.3) is 0 Å². The molecule has 2 aromatic heterocycles. The maximum atomic E-state index is 13.8. The van der Waals surface area contributed by atoms with Gasteiger partial charge in [0.2, 0.25) is 0 Å². The number of rotatable bonds is 4. The quantitative estimate of drug-likeness (QED) is 0.420. The van der Waals surface area contributed by atoms with Crippen molar-refractivity contribution in [3.8, 4) is 5.69 Å². The molecule has 2 heterocycles. The number of para-hydroxylation sites is 1. The number of fused-ring (bicyclic) bond motifs is 1. The van der Waals surface area contributed by atoms with Crippen LogP contribution in [0, 0.1) is 5.82 Å². The van der Waals surface area contributed by atoms with Crippen LogP contribution in [-0.4, -0.2) is 25.0 Å². The molecule has 7 heteroatoms. The van der Waals surface area contributed by atoms with Gasteiger partial charge in [-0.1, -0.05) is 53.4 Å². The third-order valence-corrected chi connectivity index (χ3v) is 4.55. The highest BCUT2D eigenvalue weighted by Crippen LogP contribution is 2.27. The first-order valence-corrected chi connectivity index (χ1v) is 8.29. The molecule has 24 heavy (non-hydrogen) atoms. The Morgan fingerprint density at radius 2 is 1.75 bits per heavy atom. The van der Waals surface area contributed by atoms with Crippen LogP contribution in [0.1, 0.15) is 5.56 Å². The SMILES string of the molecule is Fc1ccccc1CSc1ncnc2c1nnn2-c1ccccc1. The zero-order valence-electron chi connectivity index (χ0n) is 12.5. The maximum absolute atomic E-state index is 13.8. The van der Waals surface area contributed by atoms with Gasteiger partial charge in [-0.2, -0.15) is 4.68 Å². The molecule has 0 bridgehead atoms. The smallest absolute Gasteiger partial charge is 0.187 e. The summed E-state index contributed by atoms with van der Waals surface area (Å²) in [6.45, 7) is 0. The van der Waals surface area contributed by atoms with E-state index in [0.29, 0.717) is 27.5 Å². The van der Waals surface area contributed by atoms with Crippen LogP contribution in [0.2, 0.25) is 0 Å². The molecule has 4 rings (SSSR count). The summed E-state index contributed by atoms with van der Waals surface area (Å²) in [5, 5.41) is 9.06. The van der Waals surface area contributed by atoms with Crippen molar-refractivity contribution in [3.63, 3.8) is 0 Å². The molecule has 0 unspecified atom stereocenters. The number of halogens is 1. The average molecular weight is 337 g/mol. The zero-order chi connectivity index (χ0) is 16.4. The molecule has 4 aromatic rings. The summed E-state index contributed by atoms with van der Waals surface area (Å²) >= 11 is 1.42. The number of hydrogen-bond donors (Lipinski definition) is 0. The van der Waals surface area contributed by atoms with Gasteiger partial charge in [0, 0.05) is 5.75 Å². The average Bonchev–Trinajstić information content (AvgIpc) is 3.06. The standard InChI is InChI=1S/C17H12FN5S/c18-14-9-5-4-6-12(14)10-24-17-15-16(19-11-20-17)23(22-21-15)13-7-2-1-3-8-13/h1-9,11H,10H2. The van der Waals surface area contributed by atoms with Crippen LogP contribution in [-0.2, 0) is 5.75 Å². The molecular formula is C17H12FN5S. The van der Waals surface area contributed by atoms with E-state index in [2.05, 4.69) is 20.3 Å². The Bertz CT molecular complexity index is 987. The van der Waals surface area contributed by atoms with Gasteiger partial charge in [-0.15, -0.1) is 5.10 Å². The second-order valence-corrected chi connectivity index (χ2v) is 6.03. The molecule has 0 amide bonds. The molecule has 0 aliphatic rings. The van der Waals surface area contributed by atoms with Crippen molar-refractivity contribution in [1.82, 2.24) is 25.0 Å². The Morgan fingerprint density at radius 1 is 0.958 bits per heavy atom. The molecule has 0 radical (unpaired) electrons. The van der Waals surface area contributed by atoms with Crippen LogP contribution >= 0.6 is 11.8 Å². The lowest BCUT2D eigenvalue weighted by Gasteiger charge is -2.03.